The number of fused-ring (bicyclic) bond motifs is 2. The van der Waals surface area contributed by atoms with Crippen LogP contribution in [0.5, 0.6) is 0 Å². The summed E-state index contributed by atoms with van der Waals surface area (Å²) < 4.78 is 12.4. The van der Waals surface area contributed by atoms with Crippen molar-refractivity contribution in [1.29, 1.82) is 0 Å². The molecule has 210 valence electrons. The highest BCUT2D eigenvalue weighted by Crippen LogP contribution is 2.68. The lowest BCUT2D eigenvalue weighted by Crippen LogP contribution is -2.63. The zero-order valence-corrected chi connectivity index (χ0v) is 24.1. The number of imide groups is 1. The fraction of sp³-hybridized carbons (Fsp3) is 0.839. The number of piperidine rings is 1. The predicted octanol–water partition coefficient (Wildman–Crippen LogP) is 4.44. The van der Waals surface area contributed by atoms with Crippen molar-refractivity contribution in [2.75, 3.05) is 26.7 Å². The van der Waals surface area contributed by atoms with E-state index >= 15 is 0 Å². The number of alkyl carbamates (subject to hydrolysis) is 1. The summed E-state index contributed by atoms with van der Waals surface area (Å²) in [6.45, 7) is 13.1. The van der Waals surface area contributed by atoms with Crippen LogP contribution in [0.1, 0.15) is 79.6 Å². The third kappa shape index (κ3) is 4.13. The molecule has 2 heterocycles. The number of hydrogen-bond acceptors (Lipinski definition) is 6. The van der Waals surface area contributed by atoms with Crippen LogP contribution in [0.2, 0.25) is 0 Å². The van der Waals surface area contributed by atoms with E-state index in [0.29, 0.717) is 25.3 Å². The molecule has 2 saturated heterocycles. The molecule has 5 rings (SSSR count). The van der Waals surface area contributed by atoms with Gasteiger partial charge in [0.1, 0.15) is 11.9 Å². The fourth-order valence-electron chi connectivity index (χ4n) is 9.54. The molecule has 0 spiro atoms. The summed E-state index contributed by atoms with van der Waals surface area (Å²) in [6.07, 6.45) is 4.44. The van der Waals surface area contributed by atoms with Gasteiger partial charge in [-0.2, -0.15) is 0 Å². The highest BCUT2D eigenvalue weighted by Gasteiger charge is 2.68. The third-order valence-electron chi connectivity index (χ3n) is 11.9. The molecule has 3 saturated carbocycles. The van der Waals surface area contributed by atoms with Gasteiger partial charge in [0.2, 0.25) is 5.91 Å². The number of nitrogens with one attached hydrogen (secondary N) is 1. The Hall–Kier alpha value is -1.91. The number of hydrogen-bond donors (Lipinski definition) is 1. The third-order valence-corrected chi connectivity index (χ3v) is 11.9. The second kappa shape index (κ2) is 9.93. The molecule has 0 aromatic carbocycles. The molecule has 0 aromatic heterocycles. The molecule has 11 atom stereocenters. The lowest BCUT2D eigenvalue weighted by atomic mass is 9.44. The highest BCUT2D eigenvalue weighted by molar-refractivity contribution is 5.93. The van der Waals surface area contributed by atoms with E-state index in [2.05, 4.69) is 42.8 Å². The van der Waals surface area contributed by atoms with Gasteiger partial charge in [-0.05, 0) is 69.2 Å². The first-order valence-corrected chi connectivity index (χ1v) is 14.7. The first-order chi connectivity index (χ1) is 18.0. The van der Waals surface area contributed by atoms with Crippen molar-refractivity contribution in [2.45, 2.75) is 91.8 Å². The molecule has 2 amide bonds. The number of amides is 2. The van der Waals surface area contributed by atoms with Crippen LogP contribution in [0.15, 0.2) is 0 Å². The second-order valence-corrected chi connectivity index (χ2v) is 13.6. The number of methoxy groups -OCH3 is 1. The molecule has 3 aliphatic carbocycles. The minimum Gasteiger partial charge on any atom is -0.445 e. The zero-order valence-electron chi connectivity index (χ0n) is 24.1. The Balaban J connectivity index is 1.49. The van der Waals surface area contributed by atoms with Crippen molar-refractivity contribution in [3.8, 4) is 11.8 Å². The Morgan fingerprint density at radius 1 is 1.13 bits per heavy atom. The van der Waals surface area contributed by atoms with Gasteiger partial charge in [0.05, 0.1) is 12.0 Å². The van der Waals surface area contributed by atoms with Crippen molar-refractivity contribution in [2.24, 2.45) is 45.8 Å². The minimum absolute atomic E-state index is 0.0108. The van der Waals surface area contributed by atoms with Crippen molar-refractivity contribution in [1.82, 2.24) is 10.2 Å². The maximum Gasteiger partial charge on any atom is 0.414 e. The molecular formula is C31H46N2O5. The molecule has 4 bridgehead atoms. The molecule has 7 nitrogen and oxygen atoms in total. The van der Waals surface area contributed by atoms with E-state index in [9.17, 15) is 14.4 Å². The van der Waals surface area contributed by atoms with E-state index in [1.807, 2.05) is 6.92 Å². The number of rotatable bonds is 4. The lowest BCUT2D eigenvalue weighted by molar-refractivity contribution is -0.191. The lowest BCUT2D eigenvalue weighted by Gasteiger charge is -2.61. The Bertz CT molecular complexity index is 1050. The van der Waals surface area contributed by atoms with Crippen molar-refractivity contribution < 1.29 is 23.9 Å². The Morgan fingerprint density at radius 3 is 2.50 bits per heavy atom. The molecule has 1 N–H and O–H groups in total. The van der Waals surface area contributed by atoms with Crippen LogP contribution in [0.4, 0.5) is 4.79 Å². The summed E-state index contributed by atoms with van der Waals surface area (Å²) in [5.74, 6) is 6.54. The molecule has 2 aliphatic heterocycles. The van der Waals surface area contributed by atoms with Crippen LogP contribution in [0, 0.1) is 57.7 Å². The van der Waals surface area contributed by atoms with Crippen LogP contribution in [0.3, 0.4) is 0 Å². The van der Waals surface area contributed by atoms with Gasteiger partial charge in [-0.25, -0.2) is 4.79 Å². The molecule has 3 unspecified atom stereocenters. The smallest absolute Gasteiger partial charge is 0.414 e. The van der Waals surface area contributed by atoms with Gasteiger partial charge in [-0.1, -0.05) is 27.7 Å². The number of carbonyl (C=O) groups excluding carboxylic acids is 3. The van der Waals surface area contributed by atoms with E-state index in [-0.39, 0.29) is 46.9 Å². The molecule has 5 aliphatic rings. The summed E-state index contributed by atoms with van der Waals surface area (Å²) >= 11 is 0. The summed E-state index contributed by atoms with van der Waals surface area (Å²) in [5.41, 5.74) is -1.33. The summed E-state index contributed by atoms with van der Waals surface area (Å²) in [5, 5.41) is 2.60. The monoisotopic (exact) mass is 526 g/mol. The maximum absolute atomic E-state index is 14.3. The molecule has 0 radical (unpaired) electrons. The van der Waals surface area contributed by atoms with Gasteiger partial charge >= 0.3 is 6.09 Å². The van der Waals surface area contributed by atoms with E-state index in [4.69, 9.17) is 9.47 Å². The van der Waals surface area contributed by atoms with Crippen molar-refractivity contribution >= 4 is 17.8 Å². The average Bonchev–Trinajstić information content (AvgIpc) is 3.63. The number of ketones is 1. The number of carbonyl (C=O) groups is 3. The van der Waals surface area contributed by atoms with Crippen LogP contribution in [-0.2, 0) is 19.1 Å². The maximum atomic E-state index is 14.3. The minimum atomic E-state index is -0.739. The Kier molecular flexibility index (Phi) is 7.22. The van der Waals surface area contributed by atoms with Crippen LogP contribution < -0.4 is 5.32 Å². The SMILES string of the molecule is CC#CC[C@]1(C)C[C@@H](OC(=O)NC(=O)[C@H]2CN3CC[C@@H]2C3)[C@@]2(C)C3[C@H](OC)CCC3(CC[C@H]2C)[C@@H](C)C1=O. The molecule has 7 heteroatoms. The normalized spacial score (nSPS) is 47.4. The van der Waals surface area contributed by atoms with Crippen LogP contribution >= 0.6 is 0 Å². The quantitative estimate of drug-likeness (QED) is 0.546. The second-order valence-electron chi connectivity index (χ2n) is 13.6. The van der Waals surface area contributed by atoms with Gasteiger partial charge in [0.15, 0.2) is 0 Å². The average molecular weight is 527 g/mol. The largest absolute Gasteiger partial charge is 0.445 e. The highest BCUT2D eigenvalue weighted by atomic mass is 16.6. The standard InChI is InChI=1S/C31H46N2O5/c1-7-8-12-29(4)16-24(38-28(36)32-27(35)22-18-33-15-11-21(22)17-33)30(5)19(2)9-13-31(20(3)26(29)34)14-10-23(37-6)25(30)31/h19-25H,9-18H2,1-6H3,(H,32,35,36)/t19-,20+,21-,22+,23-,24-,25?,29-,30+,31?/m1/s1. The molecular weight excluding hydrogens is 480 g/mol. The Labute approximate surface area is 228 Å². The van der Waals surface area contributed by atoms with Gasteiger partial charge in [0.25, 0.3) is 0 Å². The van der Waals surface area contributed by atoms with E-state index in [0.717, 1.165) is 45.2 Å². The first kappa shape index (κ1) is 27.6. The topological polar surface area (TPSA) is 84.9 Å². The predicted molar refractivity (Wildman–Crippen MR) is 144 cm³/mol. The summed E-state index contributed by atoms with van der Waals surface area (Å²) in [4.78, 5) is 43.0. The molecule has 0 aromatic rings. The molecule has 38 heavy (non-hydrogen) atoms. The van der Waals surface area contributed by atoms with Crippen LogP contribution in [0.25, 0.3) is 0 Å². The van der Waals surface area contributed by atoms with Crippen molar-refractivity contribution in [3.05, 3.63) is 0 Å². The summed E-state index contributed by atoms with van der Waals surface area (Å²) in [6, 6.07) is 0. The fourth-order valence-corrected chi connectivity index (χ4v) is 9.54. The van der Waals surface area contributed by atoms with Gasteiger partial charge in [-0.15, -0.1) is 11.8 Å². The Morgan fingerprint density at radius 2 is 1.87 bits per heavy atom. The van der Waals surface area contributed by atoms with E-state index in [1.165, 1.54) is 0 Å². The van der Waals surface area contributed by atoms with Gasteiger partial charge in [-0.3, -0.25) is 14.9 Å². The first-order valence-electron chi connectivity index (χ1n) is 14.7. The molecule has 5 fully saturated rings. The van der Waals surface area contributed by atoms with Crippen molar-refractivity contribution in [3.63, 3.8) is 0 Å². The van der Waals surface area contributed by atoms with E-state index < -0.39 is 23.0 Å². The van der Waals surface area contributed by atoms with E-state index in [1.54, 1.807) is 14.0 Å². The summed E-state index contributed by atoms with van der Waals surface area (Å²) in [7, 11) is 1.77. The van der Waals surface area contributed by atoms with Crippen LogP contribution in [-0.4, -0.2) is 61.6 Å². The zero-order chi connectivity index (χ0) is 27.5. The number of Topliss-reactive ketones (excluding diaryl/α,β-unsaturated/α-hetero) is 1. The number of ether oxygens (including phenoxy) is 2. The van der Waals surface area contributed by atoms with Gasteiger partial charge < -0.3 is 14.4 Å². The number of nitrogens with zero attached hydrogens (tertiary/aromatic N) is 1. The van der Waals surface area contributed by atoms with Gasteiger partial charge in [0, 0.05) is 49.3 Å².